The smallest absolute Gasteiger partial charge is 0.130 e. The molecule has 1 N–H and O–H groups in total. The third-order valence-corrected chi connectivity index (χ3v) is 3.50. The summed E-state index contributed by atoms with van der Waals surface area (Å²) in [5, 5.41) is 7.74. The maximum absolute atomic E-state index is 5.82. The summed E-state index contributed by atoms with van der Waals surface area (Å²) in [5.41, 5.74) is 3.42. The molecule has 1 aromatic heterocycles. The van der Waals surface area contributed by atoms with Crippen LogP contribution in [0.2, 0.25) is 0 Å². The predicted octanol–water partition coefficient (Wildman–Crippen LogP) is 2.85. The van der Waals surface area contributed by atoms with Crippen LogP contribution >= 0.6 is 0 Å². The quantitative estimate of drug-likeness (QED) is 0.851. The van der Waals surface area contributed by atoms with Gasteiger partial charge in [0.25, 0.3) is 0 Å². The van der Waals surface area contributed by atoms with Crippen molar-refractivity contribution >= 4 is 0 Å². The molecule has 0 fully saturated rings. The van der Waals surface area contributed by atoms with E-state index in [1.807, 2.05) is 36.9 Å². The van der Waals surface area contributed by atoms with Crippen molar-refractivity contribution in [2.75, 3.05) is 6.54 Å². The van der Waals surface area contributed by atoms with Gasteiger partial charge in [-0.05, 0) is 50.6 Å². The van der Waals surface area contributed by atoms with Crippen LogP contribution in [0.1, 0.15) is 30.8 Å². The highest BCUT2D eigenvalue weighted by Gasteiger charge is 2.04. The van der Waals surface area contributed by atoms with Crippen LogP contribution in [-0.2, 0) is 20.1 Å². The molecular formula is C17H25N3O. The van der Waals surface area contributed by atoms with Crippen molar-refractivity contribution in [3.05, 3.63) is 47.3 Å². The number of ether oxygens (including phenoxy) is 1. The standard InChI is InChI=1S/C17H25N3O/c1-5-18-13(2)10-15-6-8-17(9-7-15)21-12-16-11-14(3)19-20(16)4/h6-9,11,13,18H,5,10,12H2,1-4H3. The van der Waals surface area contributed by atoms with Crippen molar-refractivity contribution in [2.24, 2.45) is 7.05 Å². The van der Waals surface area contributed by atoms with Crippen molar-refractivity contribution < 1.29 is 4.74 Å². The first-order valence-corrected chi connectivity index (χ1v) is 7.53. The van der Waals surface area contributed by atoms with Gasteiger partial charge in [-0.1, -0.05) is 19.1 Å². The maximum atomic E-state index is 5.82. The van der Waals surface area contributed by atoms with E-state index < -0.39 is 0 Å². The molecule has 0 amide bonds. The van der Waals surface area contributed by atoms with Crippen molar-refractivity contribution in [3.63, 3.8) is 0 Å². The third-order valence-electron chi connectivity index (χ3n) is 3.50. The lowest BCUT2D eigenvalue weighted by molar-refractivity contribution is 0.295. The minimum absolute atomic E-state index is 0.499. The van der Waals surface area contributed by atoms with Gasteiger partial charge in [0, 0.05) is 13.1 Å². The highest BCUT2D eigenvalue weighted by atomic mass is 16.5. The van der Waals surface area contributed by atoms with Gasteiger partial charge in [0.1, 0.15) is 12.4 Å². The number of hydrogen-bond acceptors (Lipinski definition) is 3. The zero-order chi connectivity index (χ0) is 15.2. The lowest BCUT2D eigenvalue weighted by atomic mass is 10.1. The van der Waals surface area contributed by atoms with Gasteiger partial charge in [-0.3, -0.25) is 4.68 Å². The number of nitrogens with one attached hydrogen (secondary N) is 1. The Morgan fingerprint density at radius 3 is 2.57 bits per heavy atom. The van der Waals surface area contributed by atoms with Gasteiger partial charge in [0.2, 0.25) is 0 Å². The average Bonchev–Trinajstić information content (AvgIpc) is 2.76. The number of benzene rings is 1. The average molecular weight is 287 g/mol. The van der Waals surface area contributed by atoms with E-state index in [1.54, 1.807) is 0 Å². The van der Waals surface area contributed by atoms with E-state index in [4.69, 9.17) is 4.74 Å². The molecule has 2 aromatic rings. The van der Waals surface area contributed by atoms with Crippen molar-refractivity contribution in [3.8, 4) is 5.75 Å². The third kappa shape index (κ3) is 4.60. The topological polar surface area (TPSA) is 39.1 Å². The van der Waals surface area contributed by atoms with E-state index in [-0.39, 0.29) is 0 Å². The Bertz CT molecular complexity index is 560. The Kier molecular flexibility index (Phi) is 5.39. The monoisotopic (exact) mass is 287 g/mol. The molecule has 0 saturated heterocycles. The summed E-state index contributed by atoms with van der Waals surface area (Å²) < 4.78 is 7.68. The SMILES string of the molecule is CCNC(C)Cc1ccc(OCc2cc(C)nn2C)cc1. The largest absolute Gasteiger partial charge is 0.487 e. The van der Waals surface area contributed by atoms with Crippen molar-refractivity contribution in [1.29, 1.82) is 0 Å². The molecule has 1 atom stereocenters. The lowest BCUT2D eigenvalue weighted by Crippen LogP contribution is -2.27. The second-order valence-electron chi connectivity index (χ2n) is 5.50. The molecule has 2 rings (SSSR count). The van der Waals surface area contributed by atoms with E-state index in [0.717, 1.165) is 30.1 Å². The summed E-state index contributed by atoms with van der Waals surface area (Å²) in [6, 6.07) is 10.9. The molecule has 21 heavy (non-hydrogen) atoms. The van der Waals surface area contributed by atoms with Crippen LogP contribution in [0, 0.1) is 6.92 Å². The molecule has 0 bridgehead atoms. The lowest BCUT2D eigenvalue weighted by Gasteiger charge is -2.12. The molecule has 0 radical (unpaired) electrons. The highest BCUT2D eigenvalue weighted by molar-refractivity contribution is 5.28. The first-order valence-electron chi connectivity index (χ1n) is 7.53. The number of likely N-dealkylation sites (N-methyl/N-ethyl adjacent to an activating group) is 1. The number of aryl methyl sites for hydroxylation is 2. The van der Waals surface area contributed by atoms with Crippen LogP contribution in [0.4, 0.5) is 0 Å². The Balaban J connectivity index is 1.89. The minimum Gasteiger partial charge on any atom is -0.487 e. The fourth-order valence-corrected chi connectivity index (χ4v) is 2.45. The first kappa shape index (κ1) is 15.6. The van der Waals surface area contributed by atoms with Crippen molar-refractivity contribution in [2.45, 2.75) is 39.8 Å². The Morgan fingerprint density at radius 2 is 2.00 bits per heavy atom. The summed E-state index contributed by atoms with van der Waals surface area (Å²) in [5.74, 6) is 0.897. The summed E-state index contributed by atoms with van der Waals surface area (Å²) in [7, 11) is 1.94. The van der Waals surface area contributed by atoms with Gasteiger partial charge in [-0.2, -0.15) is 5.10 Å². The Hall–Kier alpha value is -1.81. The molecule has 0 aliphatic carbocycles. The summed E-state index contributed by atoms with van der Waals surface area (Å²) in [6.45, 7) is 7.88. The summed E-state index contributed by atoms with van der Waals surface area (Å²) >= 11 is 0. The second-order valence-corrected chi connectivity index (χ2v) is 5.50. The fraction of sp³-hybridized carbons (Fsp3) is 0.471. The normalized spacial score (nSPS) is 12.4. The number of hydrogen-bond donors (Lipinski definition) is 1. The van der Waals surface area contributed by atoms with Gasteiger partial charge in [0.15, 0.2) is 0 Å². The van der Waals surface area contributed by atoms with Gasteiger partial charge >= 0.3 is 0 Å². The van der Waals surface area contributed by atoms with Crippen LogP contribution < -0.4 is 10.1 Å². The minimum atomic E-state index is 0.499. The molecule has 0 aliphatic heterocycles. The molecule has 114 valence electrons. The molecule has 0 spiro atoms. The molecule has 1 heterocycles. The van der Waals surface area contributed by atoms with Crippen LogP contribution in [0.25, 0.3) is 0 Å². The number of rotatable bonds is 7. The van der Waals surface area contributed by atoms with E-state index in [0.29, 0.717) is 12.6 Å². The number of aromatic nitrogens is 2. The highest BCUT2D eigenvalue weighted by Crippen LogP contribution is 2.15. The zero-order valence-electron chi connectivity index (χ0n) is 13.4. The van der Waals surface area contributed by atoms with Gasteiger partial charge in [-0.25, -0.2) is 0 Å². The van der Waals surface area contributed by atoms with Crippen LogP contribution in [-0.4, -0.2) is 22.4 Å². The Labute approximate surface area is 127 Å². The first-order chi connectivity index (χ1) is 10.1. The summed E-state index contributed by atoms with van der Waals surface area (Å²) in [4.78, 5) is 0. The molecule has 0 saturated carbocycles. The van der Waals surface area contributed by atoms with Gasteiger partial charge in [0.05, 0.1) is 11.4 Å². The van der Waals surface area contributed by atoms with Crippen LogP contribution in [0.15, 0.2) is 30.3 Å². The molecule has 1 unspecified atom stereocenters. The van der Waals surface area contributed by atoms with Gasteiger partial charge < -0.3 is 10.1 Å². The van der Waals surface area contributed by atoms with Crippen molar-refractivity contribution in [1.82, 2.24) is 15.1 Å². The molecule has 4 heteroatoms. The zero-order valence-corrected chi connectivity index (χ0v) is 13.4. The van der Waals surface area contributed by atoms with E-state index in [2.05, 4.69) is 36.4 Å². The Morgan fingerprint density at radius 1 is 1.29 bits per heavy atom. The van der Waals surface area contributed by atoms with Crippen LogP contribution in [0.3, 0.4) is 0 Å². The number of nitrogens with zero attached hydrogens (tertiary/aromatic N) is 2. The molecule has 0 aliphatic rings. The maximum Gasteiger partial charge on any atom is 0.130 e. The fourth-order valence-electron chi connectivity index (χ4n) is 2.45. The van der Waals surface area contributed by atoms with Crippen LogP contribution in [0.5, 0.6) is 5.75 Å². The second kappa shape index (κ2) is 7.27. The van der Waals surface area contributed by atoms with Gasteiger partial charge in [-0.15, -0.1) is 0 Å². The molecular weight excluding hydrogens is 262 g/mol. The molecule has 4 nitrogen and oxygen atoms in total. The van der Waals surface area contributed by atoms with E-state index in [1.165, 1.54) is 5.56 Å². The summed E-state index contributed by atoms with van der Waals surface area (Å²) in [6.07, 6.45) is 1.04. The van der Waals surface area contributed by atoms with E-state index >= 15 is 0 Å². The van der Waals surface area contributed by atoms with E-state index in [9.17, 15) is 0 Å². The predicted molar refractivity (Wildman–Crippen MR) is 85.6 cm³/mol. The molecule has 1 aromatic carbocycles.